The van der Waals surface area contributed by atoms with E-state index in [0.29, 0.717) is 45.4 Å². The van der Waals surface area contributed by atoms with Crippen LogP contribution < -0.4 is 19.8 Å². The maximum atomic E-state index is 12.6. The fourth-order valence-corrected chi connectivity index (χ4v) is 3.43. The van der Waals surface area contributed by atoms with Crippen molar-refractivity contribution in [3.05, 3.63) is 81.1 Å². The van der Waals surface area contributed by atoms with Crippen LogP contribution in [0.5, 0.6) is 17.2 Å². The minimum Gasteiger partial charge on any atom is -0.497 e. The number of nitroso groups, excluding NO2 is 1. The number of methoxy groups -OCH3 is 2. The molecular weight excluding hydrogens is 398 g/mol. The molecule has 0 fully saturated rings. The molecule has 31 heavy (non-hydrogen) atoms. The van der Waals surface area contributed by atoms with Crippen LogP contribution in [0.4, 0.5) is 0 Å². The van der Waals surface area contributed by atoms with Crippen molar-refractivity contribution in [2.75, 3.05) is 14.2 Å². The Morgan fingerprint density at radius 3 is 2.35 bits per heavy atom. The van der Waals surface area contributed by atoms with E-state index in [9.17, 15) is 9.70 Å². The first-order chi connectivity index (χ1) is 15.0. The highest BCUT2D eigenvalue weighted by atomic mass is 16.5. The molecule has 1 atom stereocenters. The highest BCUT2D eigenvalue weighted by molar-refractivity contribution is 6.05. The predicted molar refractivity (Wildman–Crippen MR) is 118 cm³/mol. The molecule has 1 aromatic heterocycles. The first kappa shape index (κ1) is 20.4. The van der Waals surface area contributed by atoms with Crippen LogP contribution in [0.1, 0.15) is 24.1 Å². The van der Waals surface area contributed by atoms with Crippen molar-refractivity contribution in [2.24, 2.45) is 5.18 Å². The molecule has 0 saturated heterocycles. The maximum Gasteiger partial charge on any atom is 0.344 e. The topological polar surface area (TPSA) is 87.3 Å². The summed E-state index contributed by atoms with van der Waals surface area (Å²) in [7, 11) is 3.17. The van der Waals surface area contributed by atoms with Crippen molar-refractivity contribution in [2.45, 2.75) is 19.6 Å². The lowest BCUT2D eigenvalue weighted by Gasteiger charge is -2.13. The Morgan fingerprint density at radius 2 is 1.68 bits per heavy atom. The molecule has 4 aromatic rings. The van der Waals surface area contributed by atoms with Crippen molar-refractivity contribution >= 4 is 21.7 Å². The van der Waals surface area contributed by atoms with Gasteiger partial charge in [0.15, 0.2) is 11.5 Å². The summed E-state index contributed by atoms with van der Waals surface area (Å²) >= 11 is 0. The van der Waals surface area contributed by atoms with E-state index in [1.807, 2.05) is 24.3 Å². The molecule has 0 saturated carbocycles. The van der Waals surface area contributed by atoms with E-state index in [1.165, 1.54) is 0 Å². The van der Waals surface area contributed by atoms with E-state index in [1.54, 1.807) is 51.5 Å². The van der Waals surface area contributed by atoms with Gasteiger partial charge in [-0.25, -0.2) is 4.79 Å². The van der Waals surface area contributed by atoms with Gasteiger partial charge in [-0.2, -0.15) is 4.91 Å². The zero-order valence-electron chi connectivity index (χ0n) is 17.4. The second-order valence-corrected chi connectivity index (χ2v) is 7.11. The van der Waals surface area contributed by atoms with Gasteiger partial charge in [-0.15, -0.1) is 0 Å². The van der Waals surface area contributed by atoms with Gasteiger partial charge in [0.2, 0.25) is 0 Å². The molecule has 4 rings (SSSR count). The summed E-state index contributed by atoms with van der Waals surface area (Å²) in [6.45, 7) is 1.98. The normalized spacial score (nSPS) is 12.0. The zero-order chi connectivity index (χ0) is 22.0. The van der Waals surface area contributed by atoms with Gasteiger partial charge in [-0.1, -0.05) is 29.4 Å². The summed E-state index contributed by atoms with van der Waals surface area (Å²) in [5.41, 5.74) is 1.50. The zero-order valence-corrected chi connectivity index (χ0v) is 17.4. The molecule has 0 aliphatic carbocycles. The Balaban J connectivity index is 1.74. The largest absolute Gasteiger partial charge is 0.497 e. The van der Waals surface area contributed by atoms with Gasteiger partial charge in [0, 0.05) is 16.8 Å². The summed E-state index contributed by atoms with van der Waals surface area (Å²) in [5.74, 6) is 1.74. The molecule has 0 radical (unpaired) electrons. The fourth-order valence-electron chi connectivity index (χ4n) is 3.43. The SMILES string of the molecule is COc1ccc(COc2cc3oc(=O)c4cc(C(C)N=O)ccc4c3cc2OC)cc1. The van der Waals surface area contributed by atoms with Crippen molar-refractivity contribution in [1.82, 2.24) is 0 Å². The Bertz CT molecular complexity index is 1310. The number of hydrogen-bond acceptors (Lipinski definition) is 7. The Hall–Kier alpha value is -3.87. The van der Waals surface area contributed by atoms with Crippen LogP contribution in [-0.4, -0.2) is 14.2 Å². The summed E-state index contributed by atoms with van der Waals surface area (Å²) in [4.78, 5) is 23.5. The first-order valence-electron chi connectivity index (χ1n) is 9.70. The molecule has 0 aliphatic rings. The summed E-state index contributed by atoms with van der Waals surface area (Å²) in [5, 5.41) is 4.82. The molecule has 158 valence electrons. The number of fused-ring (bicyclic) bond motifs is 3. The van der Waals surface area contributed by atoms with Gasteiger partial charge >= 0.3 is 5.63 Å². The van der Waals surface area contributed by atoms with Crippen LogP contribution in [0.15, 0.2) is 69.0 Å². The molecule has 1 heterocycles. The highest BCUT2D eigenvalue weighted by Crippen LogP contribution is 2.36. The fraction of sp³-hybridized carbons (Fsp3) is 0.208. The van der Waals surface area contributed by atoms with Gasteiger partial charge in [0.25, 0.3) is 0 Å². The summed E-state index contributed by atoms with van der Waals surface area (Å²) < 4.78 is 22.2. The van der Waals surface area contributed by atoms with E-state index >= 15 is 0 Å². The van der Waals surface area contributed by atoms with Crippen LogP contribution in [0.25, 0.3) is 21.7 Å². The van der Waals surface area contributed by atoms with Crippen molar-refractivity contribution in [3.63, 3.8) is 0 Å². The Morgan fingerprint density at radius 1 is 0.903 bits per heavy atom. The van der Waals surface area contributed by atoms with E-state index in [2.05, 4.69) is 5.18 Å². The minimum atomic E-state index is -0.553. The molecule has 1 unspecified atom stereocenters. The molecule has 0 amide bonds. The average molecular weight is 419 g/mol. The Kier molecular flexibility index (Phi) is 5.58. The van der Waals surface area contributed by atoms with E-state index < -0.39 is 11.7 Å². The lowest BCUT2D eigenvalue weighted by molar-refractivity contribution is 0.284. The minimum absolute atomic E-state index is 0.309. The third-order valence-electron chi connectivity index (χ3n) is 5.22. The molecule has 3 aromatic carbocycles. The molecule has 0 N–H and O–H groups in total. The Labute approximate surface area is 178 Å². The predicted octanol–water partition coefficient (Wildman–Crippen LogP) is 5.37. The van der Waals surface area contributed by atoms with Crippen molar-refractivity contribution in [1.29, 1.82) is 0 Å². The summed E-state index contributed by atoms with van der Waals surface area (Å²) in [6.07, 6.45) is 0. The maximum absolute atomic E-state index is 12.6. The lowest BCUT2D eigenvalue weighted by Crippen LogP contribution is -2.03. The van der Waals surface area contributed by atoms with Crippen LogP contribution >= 0.6 is 0 Å². The van der Waals surface area contributed by atoms with Crippen LogP contribution in [0, 0.1) is 4.91 Å². The average Bonchev–Trinajstić information content (AvgIpc) is 2.81. The lowest BCUT2D eigenvalue weighted by atomic mass is 10.0. The first-order valence-corrected chi connectivity index (χ1v) is 9.70. The van der Waals surface area contributed by atoms with Crippen LogP contribution in [0.3, 0.4) is 0 Å². The van der Waals surface area contributed by atoms with Crippen LogP contribution in [0.2, 0.25) is 0 Å². The van der Waals surface area contributed by atoms with Crippen molar-refractivity contribution in [3.8, 4) is 17.2 Å². The van der Waals surface area contributed by atoms with Gasteiger partial charge in [0.1, 0.15) is 24.0 Å². The third kappa shape index (κ3) is 3.94. The molecule has 7 nitrogen and oxygen atoms in total. The number of ether oxygens (including phenoxy) is 3. The van der Waals surface area contributed by atoms with Gasteiger partial charge in [-0.3, -0.25) is 0 Å². The second kappa shape index (κ2) is 8.47. The number of hydrogen-bond donors (Lipinski definition) is 0. The molecular formula is C24H21NO6. The number of rotatable bonds is 7. The highest BCUT2D eigenvalue weighted by Gasteiger charge is 2.15. The molecule has 7 heteroatoms. The molecule has 0 bridgehead atoms. The molecule has 0 spiro atoms. The summed E-state index contributed by atoms with van der Waals surface area (Å²) in [6, 6.07) is 15.6. The quantitative estimate of drug-likeness (QED) is 0.227. The number of nitrogens with zero attached hydrogens (tertiary/aromatic N) is 1. The van der Waals surface area contributed by atoms with Gasteiger partial charge in [-0.05, 0) is 42.3 Å². The van der Waals surface area contributed by atoms with Crippen LogP contribution in [-0.2, 0) is 6.61 Å². The van der Waals surface area contributed by atoms with Crippen molar-refractivity contribution < 1.29 is 18.6 Å². The third-order valence-corrected chi connectivity index (χ3v) is 5.22. The molecule has 0 aliphatic heterocycles. The standard InChI is InChI=1S/C24H21NO6/c1-14(25-27)16-6-9-18-19-11-22(29-3)23(12-21(19)31-24(26)20(18)10-16)30-13-15-4-7-17(28-2)8-5-15/h4-12,14H,13H2,1-3H3. The van der Waals surface area contributed by atoms with E-state index in [0.717, 1.165) is 11.3 Å². The van der Waals surface area contributed by atoms with E-state index in [-0.39, 0.29) is 0 Å². The monoisotopic (exact) mass is 419 g/mol. The van der Waals surface area contributed by atoms with Gasteiger partial charge in [0.05, 0.1) is 19.6 Å². The van der Waals surface area contributed by atoms with E-state index in [4.69, 9.17) is 18.6 Å². The van der Waals surface area contributed by atoms with Gasteiger partial charge < -0.3 is 18.6 Å². The number of benzene rings is 3. The second-order valence-electron chi connectivity index (χ2n) is 7.11. The smallest absolute Gasteiger partial charge is 0.344 e.